The Morgan fingerprint density at radius 2 is 2.12 bits per heavy atom. The van der Waals surface area contributed by atoms with Crippen molar-refractivity contribution >= 4 is 5.95 Å². The van der Waals surface area contributed by atoms with Gasteiger partial charge >= 0.3 is 0 Å². The molecule has 2 heterocycles. The van der Waals surface area contributed by atoms with Gasteiger partial charge in [-0.25, -0.2) is 4.98 Å². The van der Waals surface area contributed by atoms with E-state index in [0.29, 0.717) is 6.04 Å². The van der Waals surface area contributed by atoms with Crippen LogP contribution in [0.25, 0.3) is 0 Å². The second kappa shape index (κ2) is 6.05. The van der Waals surface area contributed by atoms with Gasteiger partial charge in [0.15, 0.2) is 0 Å². The second-order valence-corrected chi connectivity index (χ2v) is 4.90. The summed E-state index contributed by atoms with van der Waals surface area (Å²) in [5.74, 6) is 0.997. The van der Waals surface area contributed by atoms with E-state index >= 15 is 0 Å². The first kappa shape index (κ1) is 12.4. The molecule has 1 fully saturated rings. The molecule has 1 saturated heterocycles. The van der Waals surface area contributed by atoms with Crippen LogP contribution >= 0.6 is 0 Å². The molecule has 0 aromatic carbocycles. The van der Waals surface area contributed by atoms with Gasteiger partial charge in [-0.15, -0.1) is 0 Å². The molecule has 1 aromatic rings. The van der Waals surface area contributed by atoms with Crippen molar-refractivity contribution in [2.75, 3.05) is 31.5 Å². The summed E-state index contributed by atoms with van der Waals surface area (Å²) in [7, 11) is 0. The van der Waals surface area contributed by atoms with E-state index in [0.717, 1.165) is 19.0 Å². The molecule has 1 unspecified atom stereocenters. The molecule has 4 heteroatoms. The van der Waals surface area contributed by atoms with Crippen LogP contribution in [0.5, 0.6) is 0 Å². The molecule has 96 valence electrons. The van der Waals surface area contributed by atoms with Crippen LogP contribution in [0.2, 0.25) is 0 Å². The minimum absolute atomic E-state index is 0.490. The number of hydrogen-bond acceptors (Lipinski definition) is 3. The zero-order chi connectivity index (χ0) is 12.1. The van der Waals surface area contributed by atoms with E-state index in [-0.39, 0.29) is 0 Å². The van der Waals surface area contributed by atoms with Crippen molar-refractivity contribution < 1.29 is 0 Å². The highest BCUT2D eigenvalue weighted by atomic mass is 15.2. The number of imidazole rings is 1. The number of anilines is 1. The van der Waals surface area contributed by atoms with Crippen molar-refractivity contribution in [2.24, 2.45) is 0 Å². The first-order valence-electron chi connectivity index (χ1n) is 6.80. The molecule has 0 aliphatic carbocycles. The SMILES string of the molecule is CCNc1nccn1C(C)CN1CCCCC1. The highest BCUT2D eigenvalue weighted by Gasteiger charge is 2.15. The topological polar surface area (TPSA) is 33.1 Å². The largest absolute Gasteiger partial charge is 0.356 e. The third kappa shape index (κ3) is 3.22. The summed E-state index contributed by atoms with van der Waals surface area (Å²) in [5.41, 5.74) is 0. The van der Waals surface area contributed by atoms with Crippen LogP contribution in [0.15, 0.2) is 12.4 Å². The molecule has 2 rings (SSSR count). The Labute approximate surface area is 104 Å². The second-order valence-electron chi connectivity index (χ2n) is 4.90. The fourth-order valence-electron chi connectivity index (χ4n) is 2.57. The quantitative estimate of drug-likeness (QED) is 0.852. The zero-order valence-corrected chi connectivity index (χ0v) is 11.0. The monoisotopic (exact) mass is 236 g/mol. The van der Waals surface area contributed by atoms with Crippen molar-refractivity contribution in [1.82, 2.24) is 14.5 Å². The van der Waals surface area contributed by atoms with E-state index in [2.05, 4.69) is 39.8 Å². The van der Waals surface area contributed by atoms with Gasteiger partial charge in [-0.2, -0.15) is 0 Å². The lowest BCUT2D eigenvalue weighted by atomic mass is 10.1. The Morgan fingerprint density at radius 1 is 1.35 bits per heavy atom. The minimum Gasteiger partial charge on any atom is -0.356 e. The maximum Gasteiger partial charge on any atom is 0.203 e. The van der Waals surface area contributed by atoms with Gasteiger partial charge in [0.05, 0.1) is 0 Å². The predicted molar refractivity (Wildman–Crippen MR) is 71.4 cm³/mol. The minimum atomic E-state index is 0.490. The van der Waals surface area contributed by atoms with Gasteiger partial charge in [-0.05, 0) is 39.8 Å². The van der Waals surface area contributed by atoms with Gasteiger partial charge in [0.2, 0.25) is 5.95 Å². The van der Waals surface area contributed by atoms with Gasteiger partial charge < -0.3 is 14.8 Å². The average Bonchev–Trinajstić information content (AvgIpc) is 2.79. The lowest BCUT2D eigenvalue weighted by Gasteiger charge is -2.30. The van der Waals surface area contributed by atoms with E-state index in [9.17, 15) is 0 Å². The standard InChI is InChI=1S/C13H24N4/c1-3-14-13-15-7-10-17(13)12(2)11-16-8-5-4-6-9-16/h7,10,12H,3-6,8-9,11H2,1-2H3,(H,14,15). The first-order chi connectivity index (χ1) is 8.31. The number of likely N-dealkylation sites (tertiary alicyclic amines) is 1. The Morgan fingerprint density at radius 3 is 2.82 bits per heavy atom. The Hall–Kier alpha value is -1.03. The van der Waals surface area contributed by atoms with Gasteiger partial charge in [0, 0.05) is 31.5 Å². The molecule has 1 aliphatic heterocycles. The van der Waals surface area contributed by atoms with Crippen molar-refractivity contribution in [3.63, 3.8) is 0 Å². The van der Waals surface area contributed by atoms with E-state index in [1.807, 2.05) is 6.20 Å². The Bertz CT molecular complexity index is 328. The zero-order valence-electron chi connectivity index (χ0n) is 11.0. The summed E-state index contributed by atoms with van der Waals surface area (Å²) in [5, 5.41) is 3.31. The highest BCUT2D eigenvalue weighted by molar-refractivity contribution is 5.26. The summed E-state index contributed by atoms with van der Waals surface area (Å²) < 4.78 is 2.25. The third-order valence-corrected chi connectivity index (χ3v) is 3.45. The summed E-state index contributed by atoms with van der Waals surface area (Å²) in [6.07, 6.45) is 8.07. The van der Waals surface area contributed by atoms with E-state index in [1.54, 1.807) is 0 Å². The molecule has 0 saturated carbocycles. The molecule has 0 radical (unpaired) electrons. The number of rotatable bonds is 5. The van der Waals surface area contributed by atoms with Gasteiger partial charge in [-0.1, -0.05) is 6.42 Å². The van der Waals surface area contributed by atoms with Crippen LogP contribution in [-0.4, -0.2) is 40.6 Å². The van der Waals surface area contributed by atoms with Crippen LogP contribution in [0.3, 0.4) is 0 Å². The van der Waals surface area contributed by atoms with Gasteiger partial charge in [0.25, 0.3) is 0 Å². The molecule has 1 aromatic heterocycles. The van der Waals surface area contributed by atoms with Crippen molar-refractivity contribution in [2.45, 2.75) is 39.2 Å². The van der Waals surface area contributed by atoms with Crippen LogP contribution < -0.4 is 5.32 Å². The lowest BCUT2D eigenvalue weighted by molar-refractivity contribution is 0.202. The molecule has 1 N–H and O–H groups in total. The Kier molecular flexibility index (Phi) is 4.42. The van der Waals surface area contributed by atoms with Crippen LogP contribution in [-0.2, 0) is 0 Å². The van der Waals surface area contributed by atoms with Crippen molar-refractivity contribution in [3.05, 3.63) is 12.4 Å². The fraction of sp³-hybridized carbons (Fsp3) is 0.769. The third-order valence-electron chi connectivity index (χ3n) is 3.45. The van der Waals surface area contributed by atoms with Crippen molar-refractivity contribution in [1.29, 1.82) is 0 Å². The normalized spacial score (nSPS) is 19.2. The fourth-order valence-corrected chi connectivity index (χ4v) is 2.57. The summed E-state index contributed by atoms with van der Waals surface area (Å²) in [6, 6.07) is 0.490. The molecule has 0 bridgehead atoms. The average molecular weight is 236 g/mol. The van der Waals surface area contributed by atoms with Crippen LogP contribution in [0, 0.1) is 0 Å². The molecule has 0 spiro atoms. The first-order valence-corrected chi connectivity index (χ1v) is 6.80. The van der Waals surface area contributed by atoms with E-state index in [1.165, 1.54) is 32.4 Å². The van der Waals surface area contributed by atoms with Crippen molar-refractivity contribution in [3.8, 4) is 0 Å². The molecular formula is C13H24N4. The van der Waals surface area contributed by atoms with E-state index < -0.39 is 0 Å². The molecular weight excluding hydrogens is 212 g/mol. The summed E-state index contributed by atoms with van der Waals surface area (Å²) in [6.45, 7) is 8.96. The number of hydrogen-bond donors (Lipinski definition) is 1. The highest BCUT2D eigenvalue weighted by Crippen LogP contribution is 2.17. The van der Waals surface area contributed by atoms with E-state index in [4.69, 9.17) is 0 Å². The summed E-state index contributed by atoms with van der Waals surface area (Å²) in [4.78, 5) is 6.93. The molecule has 17 heavy (non-hydrogen) atoms. The Balaban J connectivity index is 1.93. The lowest BCUT2D eigenvalue weighted by Crippen LogP contribution is -2.34. The summed E-state index contributed by atoms with van der Waals surface area (Å²) >= 11 is 0. The number of aromatic nitrogens is 2. The maximum absolute atomic E-state index is 4.35. The van der Waals surface area contributed by atoms with Crippen LogP contribution in [0.4, 0.5) is 5.95 Å². The predicted octanol–water partition coefficient (Wildman–Crippen LogP) is 2.36. The smallest absolute Gasteiger partial charge is 0.203 e. The maximum atomic E-state index is 4.35. The number of piperidine rings is 1. The molecule has 1 atom stereocenters. The number of nitrogens with one attached hydrogen (secondary N) is 1. The van der Waals surface area contributed by atoms with Gasteiger partial charge in [0.1, 0.15) is 0 Å². The molecule has 0 amide bonds. The molecule has 1 aliphatic rings. The number of nitrogens with zero attached hydrogens (tertiary/aromatic N) is 3. The van der Waals surface area contributed by atoms with Crippen LogP contribution in [0.1, 0.15) is 39.2 Å². The van der Waals surface area contributed by atoms with Gasteiger partial charge in [-0.3, -0.25) is 0 Å². The molecule has 4 nitrogen and oxygen atoms in total.